The van der Waals surface area contributed by atoms with Gasteiger partial charge in [0.1, 0.15) is 54.9 Å². The highest BCUT2D eigenvalue weighted by atomic mass is 16.8. The number of aliphatic hydroxyl groups excluding tert-OH is 17. The topological polar surface area (TPSA) is 492 Å². The maximum absolute atomic E-state index is 13.6. The van der Waals surface area contributed by atoms with Crippen LogP contribution in [0.2, 0.25) is 0 Å². The fourth-order valence-corrected chi connectivity index (χ4v) is 15.6. The maximum atomic E-state index is 13.6. The van der Waals surface area contributed by atoms with E-state index in [1.54, 1.807) is 39.0 Å². The van der Waals surface area contributed by atoms with Crippen LogP contribution in [0.15, 0.2) is 48.6 Å². The van der Waals surface area contributed by atoms with Gasteiger partial charge in [0.2, 0.25) is 0 Å². The highest BCUT2D eigenvalue weighted by molar-refractivity contribution is 5.82. The van der Waals surface area contributed by atoms with Crippen molar-refractivity contribution in [1.82, 2.24) is 0 Å². The first-order chi connectivity index (χ1) is 50.8. The zero-order valence-electron chi connectivity index (χ0n) is 64.7. The van der Waals surface area contributed by atoms with Crippen molar-refractivity contribution in [3.8, 4) is 0 Å². The van der Waals surface area contributed by atoms with Crippen molar-refractivity contribution in [1.29, 1.82) is 0 Å². The Morgan fingerprint density at radius 1 is 0.491 bits per heavy atom. The molecule has 0 radical (unpaired) electrons. The van der Waals surface area contributed by atoms with Crippen molar-refractivity contribution < 1.29 is 154 Å². The van der Waals surface area contributed by atoms with Gasteiger partial charge in [-0.05, 0) is 91.9 Å². The lowest BCUT2D eigenvalue weighted by Gasteiger charge is -2.50. The number of ether oxygens (including phenoxy) is 12. The molecule has 0 amide bonds. The van der Waals surface area contributed by atoms with Gasteiger partial charge in [-0.25, -0.2) is 4.79 Å². The average molecular weight is 1550 g/mol. The lowest BCUT2D eigenvalue weighted by atomic mass is 9.79. The predicted molar refractivity (Wildman–Crippen MR) is 384 cm³/mol. The van der Waals surface area contributed by atoms with Gasteiger partial charge in [0.05, 0.1) is 122 Å². The SMILES string of the molecule is CCC(O[C@H]1CC[C@H](O[C@H]2CC[C@H](O)[C@@H](C)O2)[C@@H](C)O1)C(C)C(O)C(C)C(O)C(C)C1C/C=C\C=C/C(O)CC(O)C(C)C(O)CC(O)C(C)C2CC(O)C(O)C(O)(CC(O[C@@H]3O[C@H](C)[C@@H](O)[C@H](O[C@H]4C[C@@H](O)[C@H](O)[C@@H](C)O4)[C@H]3O[C@@H]3O[C@H](C)[C@@H](O)[C@H](O)[C@H]3O)C(C)CCC(O)CC(O)C/C=C\C=CC(=O)O1)O2. The van der Waals surface area contributed by atoms with Gasteiger partial charge >= 0.3 is 5.97 Å². The van der Waals surface area contributed by atoms with Crippen LogP contribution in [0.4, 0.5) is 0 Å². The molecule has 626 valence electrons. The van der Waals surface area contributed by atoms with Gasteiger partial charge in [0.15, 0.2) is 37.2 Å². The van der Waals surface area contributed by atoms with Gasteiger partial charge in [-0.3, -0.25) is 0 Å². The average Bonchev–Trinajstić information content (AvgIpc) is 0.772. The third-order valence-electron chi connectivity index (χ3n) is 23.5. The van der Waals surface area contributed by atoms with E-state index in [4.69, 9.17) is 56.8 Å². The molecule has 2 bridgehead atoms. The van der Waals surface area contributed by atoms with Gasteiger partial charge in [-0.1, -0.05) is 91.0 Å². The van der Waals surface area contributed by atoms with Crippen LogP contribution in [0.1, 0.15) is 179 Å². The van der Waals surface area contributed by atoms with E-state index < -0.39 is 244 Å². The van der Waals surface area contributed by atoms with E-state index in [1.807, 2.05) is 27.7 Å². The Hall–Kier alpha value is -2.73. The molecule has 0 aliphatic carbocycles. The number of aliphatic hydroxyl groups is 18. The van der Waals surface area contributed by atoms with E-state index in [9.17, 15) is 96.7 Å². The van der Waals surface area contributed by atoms with E-state index in [2.05, 4.69) is 0 Å². The Morgan fingerprint density at radius 2 is 1.11 bits per heavy atom. The van der Waals surface area contributed by atoms with Gasteiger partial charge in [-0.15, -0.1) is 0 Å². The molecule has 0 aromatic carbocycles. The van der Waals surface area contributed by atoms with Gasteiger partial charge in [-0.2, -0.15) is 0 Å². The molecule has 6 fully saturated rings. The second kappa shape index (κ2) is 42.8. The van der Waals surface area contributed by atoms with Gasteiger partial charge in [0.25, 0.3) is 0 Å². The van der Waals surface area contributed by atoms with E-state index in [-0.39, 0.29) is 76.1 Å². The zero-order valence-corrected chi connectivity index (χ0v) is 64.7. The van der Waals surface area contributed by atoms with Crippen molar-refractivity contribution in [2.24, 2.45) is 35.5 Å². The summed E-state index contributed by atoms with van der Waals surface area (Å²) < 4.78 is 74.7. The molecule has 7 aliphatic heterocycles. The molecule has 7 aliphatic rings. The van der Waals surface area contributed by atoms with Crippen molar-refractivity contribution in [2.75, 3.05) is 0 Å². The van der Waals surface area contributed by atoms with Crippen LogP contribution in [0, 0.1) is 35.5 Å². The van der Waals surface area contributed by atoms with E-state index in [0.29, 0.717) is 32.1 Å². The van der Waals surface area contributed by atoms with Gasteiger partial charge in [0, 0.05) is 80.6 Å². The van der Waals surface area contributed by atoms with Crippen LogP contribution in [0.5, 0.6) is 0 Å². The van der Waals surface area contributed by atoms with Crippen LogP contribution < -0.4 is 0 Å². The summed E-state index contributed by atoms with van der Waals surface area (Å²) in [5, 5.41) is 205. The number of allylic oxidation sites excluding steroid dienone is 4. The first-order valence-electron chi connectivity index (χ1n) is 39.2. The summed E-state index contributed by atoms with van der Waals surface area (Å²) in [6.07, 6.45) is -28.8. The molecule has 108 heavy (non-hydrogen) atoms. The van der Waals surface area contributed by atoms with Crippen LogP contribution in [-0.4, -0.2) is 312 Å². The second-order valence-corrected chi connectivity index (χ2v) is 32.0. The molecular weight excluding hydrogens is 1420 g/mol. The maximum Gasteiger partial charge on any atom is 0.331 e. The second-order valence-electron chi connectivity index (χ2n) is 32.0. The summed E-state index contributed by atoms with van der Waals surface area (Å²) in [5.74, 6) is -8.32. The quantitative estimate of drug-likeness (QED) is 0.0891. The van der Waals surface area contributed by atoms with Gasteiger partial charge < -0.3 is 149 Å². The Morgan fingerprint density at radius 3 is 1.79 bits per heavy atom. The fourth-order valence-electron chi connectivity index (χ4n) is 15.6. The third-order valence-corrected chi connectivity index (χ3v) is 23.5. The first kappa shape index (κ1) is 92.4. The summed E-state index contributed by atoms with van der Waals surface area (Å²) in [4.78, 5) is 13.6. The van der Waals surface area contributed by atoms with E-state index >= 15 is 0 Å². The Labute approximate surface area is 634 Å². The van der Waals surface area contributed by atoms with Crippen LogP contribution in [-0.2, 0) is 61.6 Å². The lowest BCUT2D eigenvalue weighted by Crippen LogP contribution is -2.65. The number of carbonyl (C=O) groups is 1. The Kier molecular flexibility index (Phi) is 36.6. The molecular formula is C77H132O31. The van der Waals surface area contributed by atoms with Crippen molar-refractivity contribution >= 4 is 5.97 Å². The largest absolute Gasteiger partial charge is 0.458 e. The smallest absolute Gasteiger partial charge is 0.331 e. The molecule has 7 rings (SSSR count). The van der Waals surface area contributed by atoms with Crippen LogP contribution in [0.3, 0.4) is 0 Å². The third kappa shape index (κ3) is 25.4. The highest BCUT2D eigenvalue weighted by Gasteiger charge is 2.56. The summed E-state index contributed by atoms with van der Waals surface area (Å²) in [5.41, 5.74) is 0. The lowest BCUT2D eigenvalue weighted by molar-refractivity contribution is -0.390. The zero-order chi connectivity index (χ0) is 79.9. The molecule has 7 heterocycles. The minimum absolute atomic E-state index is 0.00606. The summed E-state index contributed by atoms with van der Waals surface area (Å²) in [6, 6.07) is 0. The minimum atomic E-state index is -2.72. The summed E-state index contributed by atoms with van der Waals surface area (Å²) in [6.45, 7) is 20.0. The van der Waals surface area contributed by atoms with Crippen molar-refractivity contribution in [3.05, 3.63) is 48.6 Å². The molecule has 0 aromatic rings. The summed E-state index contributed by atoms with van der Waals surface area (Å²) in [7, 11) is 0. The molecule has 6 saturated heterocycles. The molecule has 21 unspecified atom stereocenters. The number of rotatable bonds is 17. The number of cyclic esters (lactones) is 1. The normalized spacial score (nSPS) is 47.3. The number of hydrogen-bond acceptors (Lipinski definition) is 31. The van der Waals surface area contributed by atoms with Crippen molar-refractivity contribution in [3.63, 3.8) is 0 Å². The highest BCUT2D eigenvalue weighted by Crippen LogP contribution is 2.42. The predicted octanol–water partition coefficient (Wildman–Crippen LogP) is 0.697. The van der Waals surface area contributed by atoms with Crippen LogP contribution in [0.25, 0.3) is 0 Å². The number of hydrogen-bond donors (Lipinski definition) is 18. The molecule has 0 saturated carbocycles. The fraction of sp³-hybridized carbons (Fsp3) is 0.883. The Balaban J connectivity index is 1.09. The Bertz CT molecular complexity index is 2740. The summed E-state index contributed by atoms with van der Waals surface area (Å²) >= 11 is 0. The molecule has 0 spiro atoms. The minimum Gasteiger partial charge on any atom is -0.458 e. The van der Waals surface area contributed by atoms with Crippen LogP contribution >= 0.6 is 0 Å². The van der Waals surface area contributed by atoms with E-state index in [1.165, 1.54) is 58.9 Å². The molecule has 18 N–H and O–H groups in total. The standard InChI is InChI=1S/C77H132O31/c1-13-56(103-63-29-27-58(43(9)98-63)104-62-28-26-50(81)42(8)97-62)39(5)65(88)41(7)66(89)40(6)57-22-18-14-16-21-48(79)31-51(82)37(3)52(83)32-53(84)38(4)59-33-55(86)74(95)77(96,108-59)35-60(36(2)24-25-49(80)30-47(78)20-17-15-19-23-61(87)102-57)105-76-73(107-75-71(94)70(93)68(91)45(11)100-75)72(69(92)46(12)101-76)106-64-34-54(85)67(90)44(10)99-64/h14-19,21,23,36-60,62-76,78-86,88-96H,13,20,22,24-35H2,1-12H3/b17-15-,18-14-,21-16-,23-19?/t36?,37?,38?,39?,40?,41?,42-,43-,44-,45-,46-,47?,48?,49?,50+,51?,52?,53?,54-,55?,56?,57?,58+,59?,60?,62+,63+,64+,65?,66?,67-,68-,69-,70+,71-,72+,73-,74?,75+,76+,77?/m1/s1. The molecule has 0 aromatic heterocycles. The number of carbonyl (C=O) groups excluding carboxylic acids is 1. The number of esters is 1. The number of fused-ring (bicyclic) bond motifs is 2. The first-order valence-corrected chi connectivity index (χ1v) is 39.2. The molecule has 41 atom stereocenters. The monoisotopic (exact) mass is 1550 g/mol. The molecule has 31 nitrogen and oxygen atoms in total. The molecule has 31 heteroatoms. The van der Waals surface area contributed by atoms with Crippen molar-refractivity contribution in [2.45, 2.75) is 394 Å². The van der Waals surface area contributed by atoms with E-state index in [0.717, 1.165) is 6.08 Å².